The number of rotatable bonds is 3. The number of phenols is 1. The van der Waals surface area contributed by atoms with Crippen LogP contribution in [0.4, 0.5) is 0 Å². The molecule has 0 heterocycles. The van der Waals surface area contributed by atoms with E-state index in [0.29, 0.717) is 17.0 Å². The highest BCUT2D eigenvalue weighted by Gasteiger charge is 1.98. The monoisotopic (exact) mass is 207 g/mol. The summed E-state index contributed by atoms with van der Waals surface area (Å²) in [7, 11) is 0. The van der Waals surface area contributed by atoms with Gasteiger partial charge >= 0.3 is 0 Å². The third-order valence-electron chi connectivity index (χ3n) is 1.73. The number of benzene rings is 1. The minimum absolute atomic E-state index is 0.176. The highest BCUT2D eigenvalue weighted by molar-refractivity contribution is 6.17. The van der Waals surface area contributed by atoms with Crippen LogP contribution in [0.3, 0.4) is 0 Å². The first-order valence-corrected chi connectivity index (χ1v) is 4.77. The maximum atomic E-state index is 9.44. The second-order valence-corrected chi connectivity index (χ2v) is 3.14. The van der Waals surface area contributed by atoms with Crippen molar-refractivity contribution < 1.29 is 5.11 Å². The van der Waals surface area contributed by atoms with Crippen LogP contribution in [0.25, 0.3) is 6.08 Å². The first-order chi connectivity index (χ1) is 6.77. The van der Waals surface area contributed by atoms with Gasteiger partial charge in [-0.05, 0) is 24.6 Å². The van der Waals surface area contributed by atoms with Crippen molar-refractivity contribution in [3.8, 4) is 11.8 Å². The zero-order valence-corrected chi connectivity index (χ0v) is 8.33. The lowest BCUT2D eigenvalue weighted by Gasteiger charge is -1.98. The molecule has 1 aromatic rings. The Kier molecular flexibility index (Phi) is 4.03. The van der Waals surface area contributed by atoms with E-state index in [0.717, 1.165) is 6.42 Å². The Hall–Kier alpha value is -1.46. The summed E-state index contributed by atoms with van der Waals surface area (Å²) < 4.78 is 0. The number of allylic oxidation sites excluding steroid dienone is 1. The molecule has 0 aliphatic heterocycles. The lowest BCUT2D eigenvalue weighted by molar-refractivity contribution is 0.474. The van der Waals surface area contributed by atoms with Crippen LogP contribution in [0.2, 0.25) is 0 Å². The summed E-state index contributed by atoms with van der Waals surface area (Å²) in [6, 6.07) is 6.74. The lowest BCUT2D eigenvalue weighted by atomic mass is 10.1. The van der Waals surface area contributed by atoms with Crippen LogP contribution in [0, 0.1) is 11.3 Å². The average Bonchev–Trinajstić information content (AvgIpc) is 2.21. The molecular formula is C11H10ClNO. The first-order valence-electron chi connectivity index (χ1n) is 4.23. The smallest absolute Gasteiger partial charge is 0.122 e. The molecule has 0 amide bonds. The van der Waals surface area contributed by atoms with Crippen LogP contribution in [0.15, 0.2) is 24.3 Å². The highest BCUT2D eigenvalue weighted by atomic mass is 35.5. The number of nitriles is 1. The summed E-state index contributed by atoms with van der Waals surface area (Å²) >= 11 is 5.50. The molecule has 1 aromatic carbocycles. The van der Waals surface area contributed by atoms with E-state index in [1.165, 1.54) is 6.07 Å². The minimum atomic E-state index is 0.176. The van der Waals surface area contributed by atoms with E-state index in [-0.39, 0.29) is 5.75 Å². The molecule has 2 nitrogen and oxygen atoms in total. The fraction of sp³-hybridized carbons (Fsp3) is 0.182. The summed E-state index contributed by atoms with van der Waals surface area (Å²) in [4.78, 5) is 0. The van der Waals surface area contributed by atoms with Crippen LogP contribution in [-0.4, -0.2) is 11.0 Å². The fourth-order valence-electron chi connectivity index (χ4n) is 1.03. The van der Waals surface area contributed by atoms with Gasteiger partial charge in [-0.15, -0.1) is 11.6 Å². The quantitative estimate of drug-likeness (QED) is 0.775. The Balaban J connectivity index is 2.90. The van der Waals surface area contributed by atoms with Gasteiger partial charge in [-0.3, -0.25) is 0 Å². The van der Waals surface area contributed by atoms with Crippen molar-refractivity contribution >= 4 is 17.7 Å². The topological polar surface area (TPSA) is 44.0 Å². The van der Waals surface area contributed by atoms with Crippen LogP contribution in [0.5, 0.6) is 5.75 Å². The van der Waals surface area contributed by atoms with Crippen molar-refractivity contribution in [3.63, 3.8) is 0 Å². The number of phenolic OH excluding ortho intramolecular Hbond substituents is 1. The van der Waals surface area contributed by atoms with Gasteiger partial charge in [0.15, 0.2) is 0 Å². The number of hydrogen-bond acceptors (Lipinski definition) is 2. The highest BCUT2D eigenvalue weighted by Crippen LogP contribution is 2.19. The summed E-state index contributed by atoms with van der Waals surface area (Å²) in [5.74, 6) is 0.727. The van der Waals surface area contributed by atoms with Gasteiger partial charge in [-0.1, -0.05) is 12.2 Å². The molecule has 0 unspecified atom stereocenters. The molecular weight excluding hydrogens is 198 g/mol. The summed E-state index contributed by atoms with van der Waals surface area (Å²) in [6.07, 6.45) is 4.37. The van der Waals surface area contributed by atoms with Gasteiger partial charge in [0.05, 0.1) is 11.6 Å². The third kappa shape index (κ3) is 2.79. The number of alkyl halides is 1. The van der Waals surface area contributed by atoms with E-state index in [2.05, 4.69) is 0 Å². The Bertz CT molecular complexity index is 379. The zero-order valence-electron chi connectivity index (χ0n) is 7.57. The van der Waals surface area contributed by atoms with Crippen molar-refractivity contribution in [2.75, 3.05) is 5.88 Å². The van der Waals surface area contributed by atoms with Crippen LogP contribution >= 0.6 is 11.6 Å². The van der Waals surface area contributed by atoms with Gasteiger partial charge in [-0.2, -0.15) is 5.26 Å². The molecule has 14 heavy (non-hydrogen) atoms. The van der Waals surface area contributed by atoms with Crippen LogP contribution in [-0.2, 0) is 0 Å². The zero-order chi connectivity index (χ0) is 10.4. The summed E-state index contributed by atoms with van der Waals surface area (Å²) in [5, 5.41) is 18.1. The average molecular weight is 208 g/mol. The van der Waals surface area contributed by atoms with E-state index >= 15 is 0 Å². The van der Waals surface area contributed by atoms with Gasteiger partial charge in [0.1, 0.15) is 5.75 Å². The molecule has 0 bridgehead atoms. The molecule has 0 aliphatic carbocycles. The second kappa shape index (κ2) is 5.31. The molecule has 3 heteroatoms. The SMILES string of the molecule is N#Cc1ccc(O)c(C=CCCCl)c1. The second-order valence-electron chi connectivity index (χ2n) is 2.77. The summed E-state index contributed by atoms with van der Waals surface area (Å²) in [5.41, 5.74) is 1.18. The van der Waals surface area contributed by atoms with E-state index in [9.17, 15) is 5.11 Å². The fourth-order valence-corrected chi connectivity index (χ4v) is 1.16. The Labute approximate surface area is 88.1 Å². The van der Waals surface area contributed by atoms with Crippen molar-refractivity contribution in [1.82, 2.24) is 0 Å². The molecule has 0 atom stereocenters. The van der Waals surface area contributed by atoms with Crippen molar-refractivity contribution in [1.29, 1.82) is 5.26 Å². The molecule has 0 saturated heterocycles. The van der Waals surface area contributed by atoms with Crippen LogP contribution in [0.1, 0.15) is 17.5 Å². The van der Waals surface area contributed by atoms with Gasteiger partial charge in [0.2, 0.25) is 0 Å². The van der Waals surface area contributed by atoms with Crippen LogP contribution < -0.4 is 0 Å². The molecule has 0 saturated carbocycles. The van der Waals surface area contributed by atoms with Crippen molar-refractivity contribution in [2.45, 2.75) is 6.42 Å². The molecule has 1 rings (SSSR count). The number of hydrogen-bond donors (Lipinski definition) is 1. The maximum Gasteiger partial charge on any atom is 0.122 e. The van der Waals surface area contributed by atoms with E-state index in [1.54, 1.807) is 18.2 Å². The van der Waals surface area contributed by atoms with E-state index < -0.39 is 0 Å². The molecule has 0 aromatic heterocycles. The standard InChI is InChI=1S/C11H10ClNO/c12-6-2-1-3-10-7-9(8-13)4-5-11(10)14/h1,3-5,7,14H,2,6H2. The number of aromatic hydroxyl groups is 1. The van der Waals surface area contributed by atoms with Gasteiger partial charge in [0.25, 0.3) is 0 Å². The Morgan fingerprint density at radius 2 is 2.29 bits per heavy atom. The molecule has 72 valence electrons. The van der Waals surface area contributed by atoms with Crippen molar-refractivity contribution in [3.05, 3.63) is 35.4 Å². The predicted molar refractivity (Wildman–Crippen MR) is 57.2 cm³/mol. The van der Waals surface area contributed by atoms with E-state index in [4.69, 9.17) is 16.9 Å². The van der Waals surface area contributed by atoms with Crippen molar-refractivity contribution in [2.24, 2.45) is 0 Å². The number of halogens is 1. The van der Waals surface area contributed by atoms with Gasteiger partial charge in [-0.25, -0.2) is 0 Å². The Morgan fingerprint density at radius 3 is 2.93 bits per heavy atom. The largest absolute Gasteiger partial charge is 0.507 e. The number of nitrogens with zero attached hydrogens (tertiary/aromatic N) is 1. The Morgan fingerprint density at radius 1 is 1.50 bits per heavy atom. The third-order valence-corrected chi connectivity index (χ3v) is 1.95. The van der Waals surface area contributed by atoms with Gasteiger partial charge < -0.3 is 5.11 Å². The lowest BCUT2D eigenvalue weighted by Crippen LogP contribution is -1.79. The maximum absolute atomic E-state index is 9.44. The predicted octanol–water partition coefficient (Wildman–Crippen LogP) is 2.91. The molecule has 0 aliphatic rings. The van der Waals surface area contributed by atoms with Gasteiger partial charge in [0, 0.05) is 11.4 Å². The molecule has 0 radical (unpaired) electrons. The molecule has 0 spiro atoms. The first kappa shape index (κ1) is 10.6. The summed E-state index contributed by atoms with van der Waals surface area (Å²) in [6.45, 7) is 0. The van der Waals surface area contributed by atoms with E-state index in [1.807, 2.05) is 12.1 Å². The molecule has 1 N–H and O–H groups in total. The minimum Gasteiger partial charge on any atom is -0.507 e. The molecule has 0 fully saturated rings. The normalized spacial score (nSPS) is 10.3.